The van der Waals surface area contributed by atoms with Crippen LogP contribution in [0.25, 0.3) is 0 Å². The Labute approximate surface area is 98.2 Å². The van der Waals surface area contributed by atoms with Crippen LogP contribution >= 0.6 is 0 Å². The molecule has 3 heteroatoms. The molecule has 0 aliphatic heterocycles. The van der Waals surface area contributed by atoms with E-state index in [0.717, 1.165) is 25.5 Å². The summed E-state index contributed by atoms with van der Waals surface area (Å²) >= 11 is 0. The van der Waals surface area contributed by atoms with Crippen molar-refractivity contribution in [3.63, 3.8) is 0 Å². The molecular formula is C13H23NO2. The third kappa shape index (κ3) is 6.27. The number of allylic oxidation sites excluding steroid dienone is 4. The number of hydrogen-bond acceptors (Lipinski definition) is 3. The molecule has 0 spiro atoms. The Morgan fingerprint density at radius 3 is 2.31 bits per heavy atom. The van der Waals surface area contributed by atoms with Gasteiger partial charge in [-0.05, 0) is 25.0 Å². The summed E-state index contributed by atoms with van der Waals surface area (Å²) in [6.07, 6.45) is 7.25. The molecule has 1 rings (SSSR count). The normalized spacial score (nSPS) is 15.2. The fourth-order valence-corrected chi connectivity index (χ4v) is 0.918. The van der Waals surface area contributed by atoms with Crippen LogP contribution in [-0.4, -0.2) is 18.4 Å². The molecule has 0 amide bonds. The van der Waals surface area contributed by atoms with E-state index in [1.165, 1.54) is 5.70 Å². The lowest BCUT2D eigenvalue weighted by molar-refractivity contribution is -0.114. The highest BCUT2D eigenvalue weighted by Crippen LogP contribution is 2.14. The van der Waals surface area contributed by atoms with Crippen molar-refractivity contribution >= 4 is 6.29 Å². The first-order valence-corrected chi connectivity index (χ1v) is 5.68. The molecule has 2 N–H and O–H groups in total. The van der Waals surface area contributed by atoms with Crippen molar-refractivity contribution < 1.29 is 9.90 Å². The summed E-state index contributed by atoms with van der Waals surface area (Å²) in [7, 11) is 1.89. The van der Waals surface area contributed by atoms with Crippen molar-refractivity contribution in [3.8, 4) is 0 Å². The van der Waals surface area contributed by atoms with Crippen molar-refractivity contribution in [2.75, 3.05) is 7.05 Å². The Morgan fingerprint density at radius 1 is 1.44 bits per heavy atom. The zero-order valence-corrected chi connectivity index (χ0v) is 10.7. The SMILES string of the molecule is CCC(C)(C)C=O.CNC1=CC=C(O)CC1. The van der Waals surface area contributed by atoms with E-state index in [1.807, 2.05) is 33.9 Å². The number of aliphatic hydroxyl groups is 1. The van der Waals surface area contributed by atoms with Crippen LogP contribution in [0.4, 0.5) is 0 Å². The van der Waals surface area contributed by atoms with E-state index in [4.69, 9.17) is 5.11 Å². The number of aldehydes is 1. The fraction of sp³-hybridized carbons (Fsp3) is 0.615. The van der Waals surface area contributed by atoms with Gasteiger partial charge in [0.1, 0.15) is 6.29 Å². The van der Waals surface area contributed by atoms with E-state index in [1.54, 1.807) is 6.08 Å². The number of carbonyl (C=O) groups is 1. The van der Waals surface area contributed by atoms with Gasteiger partial charge >= 0.3 is 0 Å². The minimum atomic E-state index is -0.0972. The molecule has 0 atom stereocenters. The standard InChI is InChI=1S/C7H11NO.C6H12O/c1-8-6-2-4-7(9)5-3-6;1-4-6(2,3)5-7/h2,4,8-9H,3,5H2,1H3;5H,4H2,1-3H3. The molecule has 0 unspecified atom stereocenters. The molecule has 0 aromatic heterocycles. The van der Waals surface area contributed by atoms with E-state index < -0.39 is 0 Å². The van der Waals surface area contributed by atoms with E-state index in [-0.39, 0.29) is 5.41 Å². The van der Waals surface area contributed by atoms with Crippen LogP contribution in [0.15, 0.2) is 23.6 Å². The van der Waals surface area contributed by atoms with Crippen LogP contribution in [-0.2, 0) is 4.79 Å². The van der Waals surface area contributed by atoms with E-state index in [2.05, 4.69) is 5.32 Å². The molecule has 16 heavy (non-hydrogen) atoms. The van der Waals surface area contributed by atoms with Crippen molar-refractivity contribution in [3.05, 3.63) is 23.6 Å². The highest BCUT2D eigenvalue weighted by molar-refractivity contribution is 5.57. The van der Waals surface area contributed by atoms with E-state index in [9.17, 15) is 4.79 Å². The predicted octanol–water partition coefficient (Wildman–Crippen LogP) is 2.95. The van der Waals surface area contributed by atoms with Crippen LogP contribution in [0.5, 0.6) is 0 Å². The van der Waals surface area contributed by atoms with Gasteiger partial charge in [0.25, 0.3) is 0 Å². The van der Waals surface area contributed by atoms with Crippen molar-refractivity contribution in [2.24, 2.45) is 5.41 Å². The fourth-order valence-electron chi connectivity index (χ4n) is 0.918. The third-order valence-corrected chi connectivity index (χ3v) is 2.68. The molecule has 0 saturated carbocycles. The Morgan fingerprint density at radius 2 is 2.06 bits per heavy atom. The van der Waals surface area contributed by atoms with Gasteiger partial charge in [0.05, 0.1) is 5.76 Å². The first-order chi connectivity index (χ1) is 7.45. The van der Waals surface area contributed by atoms with Gasteiger partial charge in [-0.2, -0.15) is 0 Å². The Bertz CT molecular complexity index is 278. The van der Waals surface area contributed by atoms with Crippen molar-refractivity contribution in [1.29, 1.82) is 0 Å². The second-order valence-corrected chi connectivity index (χ2v) is 4.56. The highest BCUT2D eigenvalue weighted by atomic mass is 16.3. The van der Waals surface area contributed by atoms with E-state index in [0.29, 0.717) is 5.76 Å². The van der Waals surface area contributed by atoms with Gasteiger partial charge in [0, 0.05) is 24.6 Å². The van der Waals surface area contributed by atoms with Crippen LogP contribution < -0.4 is 5.32 Å². The van der Waals surface area contributed by atoms with Crippen LogP contribution in [0.2, 0.25) is 0 Å². The first-order valence-electron chi connectivity index (χ1n) is 5.68. The molecule has 1 aliphatic rings. The maximum Gasteiger partial charge on any atom is 0.125 e. The summed E-state index contributed by atoms with van der Waals surface area (Å²) in [4.78, 5) is 10.1. The zero-order chi connectivity index (χ0) is 12.6. The average molecular weight is 225 g/mol. The van der Waals surface area contributed by atoms with Gasteiger partial charge in [0.15, 0.2) is 0 Å². The molecule has 0 aromatic rings. The first kappa shape index (κ1) is 14.8. The predicted molar refractivity (Wildman–Crippen MR) is 67.2 cm³/mol. The number of carbonyl (C=O) groups excluding carboxylic acids is 1. The quantitative estimate of drug-likeness (QED) is 0.726. The Kier molecular flexibility index (Phi) is 6.54. The van der Waals surface area contributed by atoms with Gasteiger partial charge in [-0.15, -0.1) is 0 Å². The highest BCUT2D eigenvalue weighted by Gasteiger charge is 2.11. The lowest BCUT2D eigenvalue weighted by atomic mass is 9.93. The second-order valence-electron chi connectivity index (χ2n) is 4.56. The van der Waals surface area contributed by atoms with Gasteiger partial charge in [-0.1, -0.05) is 20.8 Å². The van der Waals surface area contributed by atoms with Gasteiger partial charge < -0.3 is 15.2 Å². The molecular weight excluding hydrogens is 202 g/mol. The van der Waals surface area contributed by atoms with Gasteiger partial charge in [0.2, 0.25) is 0 Å². The third-order valence-electron chi connectivity index (χ3n) is 2.68. The Balaban J connectivity index is 0.000000293. The Hall–Kier alpha value is -1.25. The molecule has 3 nitrogen and oxygen atoms in total. The molecule has 0 heterocycles. The monoisotopic (exact) mass is 225 g/mol. The topological polar surface area (TPSA) is 49.3 Å². The molecule has 0 aromatic carbocycles. The summed E-state index contributed by atoms with van der Waals surface area (Å²) in [5.41, 5.74) is 1.09. The number of rotatable bonds is 3. The molecule has 0 fully saturated rings. The summed E-state index contributed by atoms with van der Waals surface area (Å²) in [5, 5.41) is 11.9. The van der Waals surface area contributed by atoms with Crippen LogP contribution in [0.1, 0.15) is 40.0 Å². The summed E-state index contributed by atoms with van der Waals surface area (Å²) in [6, 6.07) is 0. The maximum absolute atomic E-state index is 10.1. The van der Waals surface area contributed by atoms with Crippen molar-refractivity contribution in [2.45, 2.75) is 40.0 Å². The lowest BCUT2D eigenvalue weighted by Crippen LogP contribution is -2.09. The molecule has 1 aliphatic carbocycles. The zero-order valence-electron chi connectivity index (χ0n) is 10.7. The summed E-state index contributed by atoms with van der Waals surface area (Å²) in [5.74, 6) is 0.481. The smallest absolute Gasteiger partial charge is 0.125 e. The molecule has 92 valence electrons. The lowest BCUT2D eigenvalue weighted by Gasteiger charge is -2.10. The van der Waals surface area contributed by atoms with Crippen molar-refractivity contribution in [1.82, 2.24) is 5.32 Å². The summed E-state index contributed by atoms with van der Waals surface area (Å²) in [6.45, 7) is 5.87. The van der Waals surface area contributed by atoms with Gasteiger partial charge in [-0.3, -0.25) is 0 Å². The average Bonchev–Trinajstić information content (AvgIpc) is 2.31. The molecule has 0 radical (unpaired) electrons. The number of aliphatic hydroxyl groups excluding tert-OH is 1. The minimum Gasteiger partial charge on any atom is -0.512 e. The molecule has 0 saturated heterocycles. The van der Waals surface area contributed by atoms with Crippen LogP contribution in [0, 0.1) is 5.41 Å². The number of hydrogen-bond donors (Lipinski definition) is 2. The molecule has 0 bridgehead atoms. The van der Waals surface area contributed by atoms with Gasteiger partial charge in [-0.25, -0.2) is 0 Å². The maximum atomic E-state index is 10.1. The summed E-state index contributed by atoms with van der Waals surface area (Å²) < 4.78 is 0. The second kappa shape index (κ2) is 7.09. The minimum absolute atomic E-state index is 0.0972. The largest absolute Gasteiger partial charge is 0.512 e. The van der Waals surface area contributed by atoms with Crippen LogP contribution in [0.3, 0.4) is 0 Å². The van der Waals surface area contributed by atoms with E-state index >= 15 is 0 Å². The number of nitrogens with one attached hydrogen (secondary N) is 1.